The minimum atomic E-state index is -2.52. The van der Waals surface area contributed by atoms with Crippen LogP contribution in [0, 0.1) is 6.92 Å². The van der Waals surface area contributed by atoms with Crippen molar-refractivity contribution in [2.24, 2.45) is 0 Å². The van der Waals surface area contributed by atoms with E-state index < -0.39 is 13.3 Å². The number of hydrogen-bond donors (Lipinski definition) is 2. The molecule has 0 saturated carbocycles. The first-order chi connectivity index (χ1) is 17.7. The Balaban J connectivity index is 1.32. The molecule has 2 aromatic carbocycles. The van der Waals surface area contributed by atoms with Gasteiger partial charge in [-0.25, -0.2) is 9.37 Å². The van der Waals surface area contributed by atoms with Crippen molar-refractivity contribution in [1.82, 2.24) is 14.9 Å². The number of aromatic nitrogens is 2. The molecule has 2 heterocycles. The van der Waals surface area contributed by atoms with Gasteiger partial charge in [0.25, 0.3) is 0 Å². The van der Waals surface area contributed by atoms with Crippen molar-refractivity contribution in [2.45, 2.75) is 51.2 Å². The van der Waals surface area contributed by atoms with Crippen LogP contribution in [0.2, 0.25) is 5.02 Å². The van der Waals surface area contributed by atoms with Gasteiger partial charge in [-0.05, 0) is 87.7 Å². The highest BCUT2D eigenvalue weighted by Gasteiger charge is 2.29. The van der Waals surface area contributed by atoms with Crippen molar-refractivity contribution in [3.63, 3.8) is 0 Å². The predicted molar refractivity (Wildman–Crippen MR) is 152 cm³/mol. The minimum Gasteiger partial charge on any atom is -0.338 e. The molecule has 2 N–H and O–H groups in total. The third-order valence-corrected chi connectivity index (χ3v) is 9.17. The molecule has 3 aromatic rings. The summed E-state index contributed by atoms with van der Waals surface area (Å²) in [6, 6.07) is 12.7. The van der Waals surface area contributed by atoms with E-state index >= 15 is 0 Å². The average molecular weight is 542 g/mol. The fraction of sp³-hybridized carbons (Fsp3) is 0.429. The van der Waals surface area contributed by atoms with Gasteiger partial charge < -0.3 is 15.2 Å². The number of nitrogens with one attached hydrogen (secondary N) is 2. The summed E-state index contributed by atoms with van der Waals surface area (Å²) in [6.07, 6.45) is 5.66. The Hall–Kier alpha value is -2.47. The number of anilines is 4. The van der Waals surface area contributed by atoms with Gasteiger partial charge in [0.05, 0.1) is 11.9 Å². The Labute approximate surface area is 223 Å². The summed E-state index contributed by atoms with van der Waals surface area (Å²) >= 11 is 6.42. The summed E-state index contributed by atoms with van der Waals surface area (Å²) in [5.74, 6) is 0.876. The van der Waals surface area contributed by atoms with Gasteiger partial charge in [-0.3, -0.25) is 4.90 Å². The van der Waals surface area contributed by atoms with Crippen LogP contribution in [0.15, 0.2) is 42.6 Å². The Bertz CT molecular complexity index is 1350. The van der Waals surface area contributed by atoms with Gasteiger partial charge in [0, 0.05) is 30.1 Å². The number of rotatable bonds is 6. The zero-order chi connectivity index (χ0) is 26.2. The standard InChI is InChI=1S/C28H34ClFN5OP/c1-18-4-11-25(26(14-18)37(2,3)36)33-27-24(29)16-31-28(34-27)32-22-8-5-19-6-9-23(10-7-20(19)15-22)35-13-12-21(30)17-35/h4-5,8,11,14-16,21,23H,6-7,9-10,12-13,17H2,1-3H3,(H2,31,32,33,34)/t21-,23-/m1/s1. The van der Waals surface area contributed by atoms with E-state index in [0.29, 0.717) is 35.8 Å². The minimum absolute atomic E-state index is 0.379. The lowest BCUT2D eigenvalue weighted by Gasteiger charge is -2.25. The molecule has 2 atom stereocenters. The zero-order valence-electron chi connectivity index (χ0n) is 21.6. The predicted octanol–water partition coefficient (Wildman–Crippen LogP) is 6.46. The van der Waals surface area contributed by atoms with Crippen LogP contribution in [0.25, 0.3) is 0 Å². The van der Waals surface area contributed by atoms with Crippen LogP contribution < -0.4 is 15.9 Å². The molecule has 37 heavy (non-hydrogen) atoms. The van der Waals surface area contributed by atoms with E-state index in [1.54, 1.807) is 19.5 Å². The highest BCUT2D eigenvalue weighted by atomic mass is 35.5. The van der Waals surface area contributed by atoms with Gasteiger partial charge in [-0.1, -0.05) is 29.3 Å². The summed E-state index contributed by atoms with van der Waals surface area (Å²) in [5.41, 5.74) is 5.36. The van der Waals surface area contributed by atoms with Gasteiger partial charge in [-0.15, -0.1) is 0 Å². The monoisotopic (exact) mass is 541 g/mol. The number of halogens is 2. The molecule has 0 spiro atoms. The summed E-state index contributed by atoms with van der Waals surface area (Å²) in [5, 5.41) is 7.73. The topological polar surface area (TPSA) is 70.2 Å². The average Bonchev–Trinajstić information content (AvgIpc) is 3.17. The summed E-state index contributed by atoms with van der Waals surface area (Å²) in [6.45, 7) is 6.94. The lowest BCUT2D eigenvalue weighted by atomic mass is 10.0. The summed E-state index contributed by atoms with van der Waals surface area (Å²) in [7, 11) is -2.52. The zero-order valence-corrected chi connectivity index (χ0v) is 23.2. The lowest BCUT2D eigenvalue weighted by molar-refractivity contribution is 0.204. The van der Waals surface area contributed by atoms with Crippen LogP contribution in [0.4, 0.5) is 27.5 Å². The lowest BCUT2D eigenvalue weighted by Crippen LogP contribution is -2.33. The molecule has 5 rings (SSSR count). The Morgan fingerprint density at radius 2 is 1.84 bits per heavy atom. The van der Waals surface area contributed by atoms with Crippen molar-refractivity contribution >= 4 is 47.2 Å². The molecule has 1 fully saturated rings. The van der Waals surface area contributed by atoms with E-state index in [4.69, 9.17) is 11.6 Å². The fourth-order valence-corrected chi connectivity index (χ4v) is 6.74. The molecule has 2 aliphatic rings. The molecular weight excluding hydrogens is 508 g/mol. The molecular formula is C28H34ClFN5OP. The van der Waals surface area contributed by atoms with Gasteiger partial charge in [0.2, 0.25) is 5.95 Å². The summed E-state index contributed by atoms with van der Waals surface area (Å²) < 4.78 is 26.6. The highest BCUT2D eigenvalue weighted by Crippen LogP contribution is 2.39. The molecule has 0 bridgehead atoms. The van der Waals surface area contributed by atoms with Crippen LogP contribution in [0.1, 0.15) is 36.0 Å². The smallest absolute Gasteiger partial charge is 0.229 e. The number of likely N-dealkylation sites (tertiary alicyclic amines) is 1. The van der Waals surface area contributed by atoms with E-state index in [9.17, 15) is 8.96 Å². The molecule has 0 unspecified atom stereocenters. The quantitative estimate of drug-likeness (QED) is 0.275. The van der Waals surface area contributed by atoms with E-state index in [1.165, 1.54) is 11.1 Å². The van der Waals surface area contributed by atoms with Crippen molar-refractivity contribution in [1.29, 1.82) is 0 Å². The van der Waals surface area contributed by atoms with Crippen molar-refractivity contribution < 1.29 is 8.96 Å². The molecule has 1 aliphatic carbocycles. The third kappa shape index (κ3) is 6.17. The number of alkyl halides is 1. The molecule has 1 aromatic heterocycles. The van der Waals surface area contributed by atoms with Crippen molar-refractivity contribution in [2.75, 3.05) is 37.1 Å². The van der Waals surface area contributed by atoms with Crippen LogP contribution in [0.5, 0.6) is 0 Å². The number of benzene rings is 2. The Morgan fingerprint density at radius 3 is 2.57 bits per heavy atom. The third-order valence-electron chi connectivity index (χ3n) is 7.37. The highest BCUT2D eigenvalue weighted by molar-refractivity contribution is 7.70. The van der Waals surface area contributed by atoms with Crippen molar-refractivity contribution in [3.8, 4) is 0 Å². The number of hydrogen-bond acceptors (Lipinski definition) is 6. The largest absolute Gasteiger partial charge is 0.338 e. The molecule has 1 saturated heterocycles. The van der Waals surface area contributed by atoms with Crippen LogP contribution in [0.3, 0.4) is 0 Å². The first-order valence-electron chi connectivity index (χ1n) is 12.9. The summed E-state index contributed by atoms with van der Waals surface area (Å²) in [4.78, 5) is 11.3. The molecule has 196 valence electrons. The number of aryl methyl sites for hydroxylation is 3. The van der Waals surface area contributed by atoms with Gasteiger partial charge in [0.15, 0.2) is 5.82 Å². The Morgan fingerprint density at radius 1 is 1.05 bits per heavy atom. The van der Waals surface area contributed by atoms with Gasteiger partial charge in [-0.2, -0.15) is 4.98 Å². The molecule has 1 aliphatic heterocycles. The molecule has 9 heteroatoms. The SMILES string of the molecule is Cc1ccc(Nc2nc(Nc3ccc4c(c3)CC[C@H](N3CC[C@@H](F)C3)CC4)ncc2Cl)c(P(C)(C)=O)c1. The van der Waals surface area contributed by atoms with E-state index in [2.05, 4.69) is 43.7 Å². The maximum Gasteiger partial charge on any atom is 0.229 e. The van der Waals surface area contributed by atoms with E-state index in [0.717, 1.165) is 54.5 Å². The molecule has 0 amide bonds. The first kappa shape index (κ1) is 26.1. The normalized spacial score (nSPS) is 20.4. The molecule has 0 radical (unpaired) electrons. The second-order valence-electron chi connectivity index (χ2n) is 10.6. The van der Waals surface area contributed by atoms with Crippen LogP contribution >= 0.6 is 18.7 Å². The first-order valence-corrected chi connectivity index (χ1v) is 15.9. The van der Waals surface area contributed by atoms with Gasteiger partial charge in [0.1, 0.15) is 18.3 Å². The second-order valence-corrected chi connectivity index (χ2v) is 14.2. The van der Waals surface area contributed by atoms with Crippen molar-refractivity contribution in [3.05, 3.63) is 64.3 Å². The second kappa shape index (κ2) is 10.7. The van der Waals surface area contributed by atoms with Crippen LogP contribution in [-0.4, -0.2) is 53.5 Å². The maximum absolute atomic E-state index is 13.7. The van der Waals surface area contributed by atoms with Gasteiger partial charge >= 0.3 is 0 Å². The number of fused-ring (bicyclic) bond motifs is 1. The van der Waals surface area contributed by atoms with E-state index in [1.807, 2.05) is 25.1 Å². The van der Waals surface area contributed by atoms with Crippen LogP contribution in [-0.2, 0) is 17.4 Å². The maximum atomic E-state index is 13.7. The van der Waals surface area contributed by atoms with E-state index in [-0.39, 0.29) is 0 Å². The Kier molecular flexibility index (Phi) is 7.58. The molecule has 6 nitrogen and oxygen atoms in total. The number of nitrogens with zero attached hydrogens (tertiary/aromatic N) is 3. The fourth-order valence-electron chi connectivity index (χ4n) is 5.37.